The third-order valence-electron chi connectivity index (χ3n) is 1.54. The smallest absolute Gasteiger partial charge is 0.430 e. The molecule has 0 fully saturated rings. The van der Waals surface area contributed by atoms with Crippen molar-refractivity contribution in [3.63, 3.8) is 0 Å². The van der Waals surface area contributed by atoms with E-state index < -0.39 is 16.4 Å². The minimum Gasteiger partial charge on any atom is -0.608 e. The zero-order chi connectivity index (χ0) is 11.7. The van der Waals surface area contributed by atoms with E-state index >= 15 is 0 Å². The van der Waals surface area contributed by atoms with Gasteiger partial charge >= 0.3 is 5.24 Å². The predicted molar refractivity (Wildman–Crippen MR) is 65.6 cm³/mol. The molecule has 1 unspecified atom stereocenters. The van der Waals surface area contributed by atoms with Gasteiger partial charge in [0, 0.05) is 35.3 Å². The number of hydrogen-bond donors (Lipinski definition) is 0. The Morgan fingerprint density at radius 2 is 1.80 bits per heavy atom. The molecule has 0 aliphatic heterocycles. The molecule has 0 rings (SSSR count). The van der Waals surface area contributed by atoms with Gasteiger partial charge in [0.15, 0.2) is 0 Å². The van der Waals surface area contributed by atoms with Crippen LogP contribution in [-0.2, 0) is 11.2 Å². The number of carbonyl (C=O) groups is 1. The van der Waals surface area contributed by atoms with Crippen LogP contribution >= 0.6 is 23.2 Å². The topological polar surface area (TPSA) is 43.4 Å². The molecular weight excluding hydrogens is 257 g/mol. The van der Waals surface area contributed by atoms with Crippen molar-refractivity contribution < 1.29 is 9.35 Å². The number of halogens is 2. The molecule has 0 aromatic carbocycles. The van der Waals surface area contributed by atoms with E-state index in [1.807, 2.05) is 0 Å². The van der Waals surface area contributed by atoms with Gasteiger partial charge in [0.25, 0.3) is 0 Å². The van der Waals surface area contributed by atoms with Gasteiger partial charge in [0.05, 0.1) is 0 Å². The fourth-order valence-electron chi connectivity index (χ4n) is 0.825. The van der Waals surface area contributed by atoms with Crippen LogP contribution in [0.4, 0.5) is 4.79 Å². The Labute approximate surface area is 103 Å². The van der Waals surface area contributed by atoms with E-state index in [-0.39, 0.29) is 0 Å². The predicted octanol–water partition coefficient (Wildman–Crippen LogP) is 2.68. The summed E-state index contributed by atoms with van der Waals surface area (Å²) in [5.74, 6) is 0.310. The van der Waals surface area contributed by atoms with Gasteiger partial charge in [-0.1, -0.05) is 35.4 Å². The Balaban J connectivity index is 4.39. The van der Waals surface area contributed by atoms with Gasteiger partial charge in [0.1, 0.15) is 5.75 Å². The van der Waals surface area contributed by atoms with Crippen LogP contribution in [0, 0.1) is 0 Å². The van der Waals surface area contributed by atoms with E-state index in [0.29, 0.717) is 18.8 Å². The molecule has 0 aliphatic rings. The number of carbonyl (C=O) groups excluding carboxylic acids is 1. The van der Waals surface area contributed by atoms with Gasteiger partial charge in [-0.05, 0) is 6.92 Å². The molecule has 1 atom stereocenters. The third-order valence-corrected chi connectivity index (χ3v) is 3.07. The van der Waals surface area contributed by atoms with Crippen molar-refractivity contribution in [3.05, 3.63) is 23.2 Å². The summed E-state index contributed by atoms with van der Waals surface area (Å²) in [6, 6.07) is 0. The average Bonchev–Trinajstić information content (AvgIpc) is 2.27. The van der Waals surface area contributed by atoms with Gasteiger partial charge < -0.3 is 4.55 Å². The molecule has 0 spiro atoms. The largest absolute Gasteiger partial charge is 0.608 e. The van der Waals surface area contributed by atoms with Crippen molar-refractivity contribution in [2.24, 2.45) is 0 Å². The van der Waals surface area contributed by atoms with Crippen LogP contribution < -0.4 is 0 Å². The van der Waals surface area contributed by atoms with Crippen molar-refractivity contribution in [2.45, 2.75) is 6.92 Å². The van der Waals surface area contributed by atoms with Crippen molar-refractivity contribution in [3.8, 4) is 0 Å². The highest BCUT2D eigenvalue weighted by atomic mass is 35.5. The number of nitrogens with zero attached hydrogens (tertiary/aromatic N) is 1. The molecule has 0 aliphatic carbocycles. The highest BCUT2D eigenvalue weighted by molar-refractivity contribution is 8.05. The molecule has 0 saturated heterocycles. The van der Waals surface area contributed by atoms with Gasteiger partial charge in [-0.15, -0.1) is 0 Å². The summed E-state index contributed by atoms with van der Waals surface area (Å²) >= 11 is 9.24. The zero-order valence-corrected chi connectivity index (χ0v) is 10.7. The Kier molecular flexibility index (Phi) is 9.00. The first kappa shape index (κ1) is 14.8. The molecule has 0 aromatic rings. The molecule has 0 saturated carbocycles. The van der Waals surface area contributed by atoms with E-state index in [1.165, 1.54) is 16.0 Å². The second-order valence-electron chi connectivity index (χ2n) is 2.53. The number of amides is 1. The van der Waals surface area contributed by atoms with Crippen LogP contribution in [0.3, 0.4) is 0 Å². The van der Waals surface area contributed by atoms with Crippen LogP contribution in [0.1, 0.15) is 6.92 Å². The van der Waals surface area contributed by atoms with E-state index in [4.69, 9.17) is 23.2 Å². The summed E-state index contributed by atoms with van der Waals surface area (Å²) in [5.41, 5.74) is 2.64. The second kappa shape index (κ2) is 9.09. The molecule has 1 amide bonds. The molecule has 0 bridgehead atoms. The van der Waals surface area contributed by atoms with Crippen LogP contribution in [0.25, 0.3) is 0 Å². The monoisotopic (exact) mass is 269 g/mol. The summed E-state index contributed by atoms with van der Waals surface area (Å²) in [4.78, 5) is 13.0. The Bertz CT molecular complexity index is 232. The van der Waals surface area contributed by atoms with E-state index in [2.05, 4.69) is 0 Å². The van der Waals surface area contributed by atoms with Gasteiger partial charge in [-0.3, -0.25) is 4.90 Å². The van der Waals surface area contributed by atoms with Crippen LogP contribution in [0.2, 0.25) is 0 Å². The third kappa shape index (κ3) is 6.10. The lowest BCUT2D eigenvalue weighted by Crippen LogP contribution is -2.36. The summed E-state index contributed by atoms with van der Waals surface area (Å²) in [5, 5.41) is -0.401. The SMILES string of the molecule is CC[S+]([O-])C(=O)N(CC=CCl)CC=CCl. The maximum atomic E-state index is 11.6. The van der Waals surface area contributed by atoms with E-state index in [0.717, 1.165) is 0 Å². The lowest BCUT2D eigenvalue weighted by molar-refractivity contribution is 0.230. The Morgan fingerprint density at radius 3 is 2.13 bits per heavy atom. The van der Waals surface area contributed by atoms with Crippen molar-refractivity contribution >= 4 is 39.6 Å². The quantitative estimate of drug-likeness (QED) is 0.721. The van der Waals surface area contributed by atoms with E-state index in [1.54, 1.807) is 19.1 Å². The normalized spacial score (nSPS) is 13.6. The summed E-state index contributed by atoms with van der Waals surface area (Å²) in [6.07, 6.45) is 3.21. The number of rotatable bonds is 5. The molecule has 3 nitrogen and oxygen atoms in total. The molecule has 86 valence electrons. The van der Waals surface area contributed by atoms with Crippen LogP contribution in [0.5, 0.6) is 0 Å². The summed E-state index contributed by atoms with van der Waals surface area (Å²) < 4.78 is 11.3. The Morgan fingerprint density at radius 1 is 1.33 bits per heavy atom. The Hall–Kier alpha value is -0.160. The lowest BCUT2D eigenvalue weighted by atomic mass is 10.5. The highest BCUT2D eigenvalue weighted by Gasteiger charge is 2.23. The first-order chi connectivity index (χ1) is 7.17. The lowest BCUT2D eigenvalue weighted by Gasteiger charge is -2.18. The molecule has 0 heterocycles. The highest BCUT2D eigenvalue weighted by Crippen LogP contribution is 2.03. The molecule has 15 heavy (non-hydrogen) atoms. The van der Waals surface area contributed by atoms with Gasteiger partial charge in [-0.25, -0.2) is 4.79 Å². The van der Waals surface area contributed by atoms with Crippen molar-refractivity contribution in [2.75, 3.05) is 18.8 Å². The van der Waals surface area contributed by atoms with Crippen LogP contribution in [0.15, 0.2) is 23.2 Å². The first-order valence-corrected chi connectivity index (χ1v) is 6.54. The van der Waals surface area contributed by atoms with Crippen molar-refractivity contribution in [1.82, 2.24) is 4.90 Å². The fraction of sp³-hybridized carbons (Fsp3) is 0.444. The van der Waals surface area contributed by atoms with Crippen LogP contribution in [-0.4, -0.2) is 33.5 Å². The molecule has 0 aromatic heterocycles. The molecule has 6 heteroatoms. The summed E-state index contributed by atoms with van der Waals surface area (Å²) in [7, 11) is 0. The maximum Gasteiger partial charge on any atom is 0.430 e. The zero-order valence-electron chi connectivity index (χ0n) is 8.36. The fourth-order valence-corrected chi connectivity index (χ4v) is 1.67. The second-order valence-corrected chi connectivity index (χ2v) is 4.65. The molecule has 0 radical (unpaired) electrons. The summed E-state index contributed by atoms with van der Waals surface area (Å²) in [6.45, 7) is 2.35. The molecular formula is C9H13Cl2NO2S. The molecule has 0 N–H and O–H groups in total. The number of hydrogen-bond acceptors (Lipinski definition) is 2. The standard InChI is InChI=1S/C9H13Cl2NO2S/c1-2-15(14)9(13)12(7-3-5-10)8-4-6-11/h3-6H,2,7-8H2,1H3. The van der Waals surface area contributed by atoms with E-state index in [9.17, 15) is 9.35 Å². The van der Waals surface area contributed by atoms with Gasteiger partial charge in [0.2, 0.25) is 0 Å². The van der Waals surface area contributed by atoms with Gasteiger partial charge in [-0.2, -0.15) is 0 Å². The maximum absolute atomic E-state index is 11.6. The minimum absolute atomic E-state index is 0.310. The average molecular weight is 270 g/mol. The first-order valence-electron chi connectivity index (χ1n) is 4.35. The minimum atomic E-state index is -1.48. The van der Waals surface area contributed by atoms with Crippen molar-refractivity contribution in [1.29, 1.82) is 0 Å².